The van der Waals surface area contributed by atoms with Crippen molar-refractivity contribution in [2.45, 2.75) is 25.9 Å². The molecule has 1 aliphatic heterocycles. The number of rotatable bonds is 9. The summed E-state index contributed by atoms with van der Waals surface area (Å²) in [5.41, 5.74) is 1.08. The third-order valence-corrected chi connectivity index (χ3v) is 4.95. The minimum atomic E-state index is -0.286. The van der Waals surface area contributed by atoms with E-state index in [0.29, 0.717) is 35.9 Å². The largest absolute Gasteiger partial charge is 0.495 e. The van der Waals surface area contributed by atoms with Crippen molar-refractivity contribution < 1.29 is 23.8 Å². The maximum Gasteiger partial charge on any atom is 0.254 e. The quantitative estimate of drug-likeness (QED) is 0.683. The molecule has 0 bridgehead atoms. The van der Waals surface area contributed by atoms with Gasteiger partial charge in [0.1, 0.15) is 24.7 Å². The van der Waals surface area contributed by atoms with Gasteiger partial charge in [0.05, 0.1) is 18.9 Å². The molecule has 1 fully saturated rings. The van der Waals surface area contributed by atoms with Gasteiger partial charge >= 0.3 is 0 Å². The Hall–Kier alpha value is -3.06. The van der Waals surface area contributed by atoms with Crippen LogP contribution in [0.2, 0.25) is 0 Å². The summed E-state index contributed by atoms with van der Waals surface area (Å²) in [4.78, 5) is 26.8. The standard InChI is InChI=1S/C23H28N2O5/c1-3-25(15-22(26)24-20-8-4-5-9-21(20)28-2)23(27)17-10-12-18(13-11-17)30-16-19-7-6-14-29-19/h4-5,8-13,19H,3,6-7,14-16H2,1-2H3,(H,24,26). The van der Waals surface area contributed by atoms with E-state index in [0.717, 1.165) is 19.4 Å². The van der Waals surface area contributed by atoms with Crippen LogP contribution >= 0.6 is 0 Å². The number of amides is 2. The van der Waals surface area contributed by atoms with E-state index in [-0.39, 0.29) is 24.5 Å². The Morgan fingerprint density at radius 3 is 2.60 bits per heavy atom. The molecular weight excluding hydrogens is 384 g/mol. The lowest BCUT2D eigenvalue weighted by atomic mass is 10.2. The molecule has 0 radical (unpaired) electrons. The summed E-state index contributed by atoms with van der Waals surface area (Å²) < 4.78 is 16.5. The first-order valence-corrected chi connectivity index (χ1v) is 10.2. The van der Waals surface area contributed by atoms with Crippen molar-refractivity contribution in [2.24, 2.45) is 0 Å². The van der Waals surface area contributed by atoms with E-state index >= 15 is 0 Å². The van der Waals surface area contributed by atoms with Crippen LogP contribution in [0.3, 0.4) is 0 Å². The van der Waals surface area contributed by atoms with E-state index in [2.05, 4.69) is 5.32 Å². The zero-order valence-electron chi connectivity index (χ0n) is 17.4. The fourth-order valence-corrected chi connectivity index (χ4v) is 3.28. The minimum absolute atomic E-state index is 0.0509. The van der Waals surface area contributed by atoms with Gasteiger partial charge in [0.15, 0.2) is 0 Å². The Morgan fingerprint density at radius 1 is 1.17 bits per heavy atom. The van der Waals surface area contributed by atoms with Crippen LogP contribution in [0.15, 0.2) is 48.5 Å². The van der Waals surface area contributed by atoms with Crippen LogP contribution in [-0.4, -0.2) is 56.2 Å². The Labute approximate surface area is 176 Å². The Balaban J connectivity index is 1.56. The maximum atomic E-state index is 12.8. The van der Waals surface area contributed by atoms with E-state index in [1.54, 1.807) is 43.5 Å². The second-order valence-corrected chi connectivity index (χ2v) is 7.04. The van der Waals surface area contributed by atoms with Gasteiger partial charge in [0, 0.05) is 18.7 Å². The summed E-state index contributed by atoms with van der Waals surface area (Å²) in [7, 11) is 1.54. The normalized spacial score (nSPS) is 15.5. The molecule has 7 heteroatoms. The average molecular weight is 412 g/mol. The van der Waals surface area contributed by atoms with Crippen LogP contribution in [0.4, 0.5) is 5.69 Å². The molecule has 2 amide bonds. The topological polar surface area (TPSA) is 77.1 Å². The number of methoxy groups -OCH3 is 1. The van der Waals surface area contributed by atoms with Gasteiger partial charge in [-0.1, -0.05) is 12.1 Å². The number of benzene rings is 2. The summed E-state index contributed by atoms with van der Waals surface area (Å²) in [6.07, 6.45) is 2.22. The first kappa shape index (κ1) is 21.6. The third-order valence-electron chi connectivity index (χ3n) is 4.95. The Kier molecular flexibility index (Phi) is 7.68. The minimum Gasteiger partial charge on any atom is -0.495 e. The Morgan fingerprint density at radius 2 is 1.93 bits per heavy atom. The average Bonchev–Trinajstić information content (AvgIpc) is 3.30. The predicted molar refractivity (Wildman–Crippen MR) is 114 cm³/mol. The lowest BCUT2D eigenvalue weighted by Gasteiger charge is -2.21. The number of para-hydroxylation sites is 2. The number of anilines is 1. The van der Waals surface area contributed by atoms with Gasteiger partial charge in [0.25, 0.3) is 5.91 Å². The lowest BCUT2D eigenvalue weighted by molar-refractivity contribution is -0.116. The molecule has 160 valence electrons. The van der Waals surface area contributed by atoms with Crippen LogP contribution < -0.4 is 14.8 Å². The van der Waals surface area contributed by atoms with Crippen molar-refractivity contribution in [3.05, 3.63) is 54.1 Å². The number of likely N-dealkylation sites (N-methyl/N-ethyl adjacent to an activating group) is 1. The fraction of sp³-hybridized carbons (Fsp3) is 0.391. The zero-order valence-corrected chi connectivity index (χ0v) is 17.4. The molecule has 0 saturated carbocycles. The van der Waals surface area contributed by atoms with Crippen molar-refractivity contribution in [3.63, 3.8) is 0 Å². The second kappa shape index (κ2) is 10.6. The van der Waals surface area contributed by atoms with Gasteiger partial charge in [-0.15, -0.1) is 0 Å². The van der Waals surface area contributed by atoms with Crippen molar-refractivity contribution in [3.8, 4) is 11.5 Å². The highest BCUT2D eigenvalue weighted by molar-refractivity contribution is 5.99. The number of hydrogen-bond donors (Lipinski definition) is 1. The summed E-state index contributed by atoms with van der Waals surface area (Å²) in [5, 5.41) is 2.80. The van der Waals surface area contributed by atoms with E-state index in [4.69, 9.17) is 14.2 Å². The van der Waals surface area contributed by atoms with Gasteiger partial charge < -0.3 is 24.4 Å². The first-order chi connectivity index (χ1) is 14.6. The number of nitrogens with zero attached hydrogens (tertiary/aromatic N) is 1. The number of hydrogen-bond acceptors (Lipinski definition) is 5. The molecule has 1 aliphatic rings. The lowest BCUT2D eigenvalue weighted by Crippen LogP contribution is -2.37. The van der Waals surface area contributed by atoms with Crippen molar-refractivity contribution in [2.75, 3.05) is 38.7 Å². The molecule has 2 aromatic rings. The molecule has 2 aromatic carbocycles. The molecule has 1 unspecified atom stereocenters. The van der Waals surface area contributed by atoms with Gasteiger partial charge in [0.2, 0.25) is 5.91 Å². The van der Waals surface area contributed by atoms with Crippen molar-refractivity contribution in [1.29, 1.82) is 0 Å². The molecule has 1 saturated heterocycles. The van der Waals surface area contributed by atoms with Crippen molar-refractivity contribution >= 4 is 17.5 Å². The molecule has 0 aliphatic carbocycles. The highest BCUT2D eigenvalue weighted by atomic mass is 16.5. The molecule has 30 heavy (non-hydrogen) atoms. The van der Waals surface area contributed by atoms with Crippen LogP contribution in [-0.2, 0) is 9.53 Å². The zero-order chi connectivity index (χ0) is 21.3. The number of carbonyl (C=O) groups excluding carboxylic acids is 2. The first-order valence-electron chi connectivity index (χ1n) is 10.2. The van der Waals surface area contributed by atoms with Crippen LogP contribution in [0.5, 0.6) is 11.5 Å². The molecule has 1 atom stereocenters. The predicted octanol–water partition coefficient (Wildman–Crippen LogP) is 3.35. The highest BCUT2D eigenvalue weighted by Crippen LogP contribution is 2.23. The number of nitrogens with one attached hydrogen (secondary N) is 1. The molecule has 7 nitrogen and oxygen atoms in total. The third kappa shape index (κ3) is 5.73. The van der Waals surface area contributed by atoms with Crippen LogP contribution in [0.1, 0.15) is 30.1 Å². The van der Waals surface area contributed by atoms with Crippen molar-refractivity contribution in [1.82, 2.24) is 4.90 Å². The molecule has 0 spiro atoms. The van der Waals surface area contributed by atoms with E-state index in [1.807, 2.05) is 19.1 Å². The van der Waals surface area contributed by atoms with Gasteiger partial charge in [-0.05, 0) is 56.2 Å². The van der Waals surface area contributed by atoms with E-state index in [9.17, 15) is 9.59 Å². The van der Waals surface area contributed by atoms with Gasteiger partial charge in [-0.2, -0.15) is 0 Å². The summed E-state index contributed by atoms with van der Waals surface area (Å²) >= 11 is 0. The molecule has 1 heterocycles. The van der Waals surface area contributed by atoms with Gasteiger partial charge in [-0.3, -0.25) is 9.59 Å². The van der Waals surface area contributed by atoms with E-state index in [1.165, 1.54) is 4.90 Å². The number of carbonyl (C=O) groups is 2. The molecule has 1 N–H and O–H groups in total. The SMILES string of the molecule is CCN(CC(=O)Nc1ccccc1OC)C(=O)c1ccc(OCC2CCCO2)cc1. The highest BCUT2D eigenvalue weighted by Gasteiger charge is 2.19. The van der Waals surface area contributed by atoms with Crippen LogP contribution in [0, 0.1) is 0 Å². The molecular formula is C23H28N2O5. The van der Waals surface area contributed by atoms with E-state index < -0.39 is 0 Å². The maximum absolute atomic E-state index is 12.8. The van der Waals surface area contributed by atoms with Crippen LogP contribution in [0.25, 0.3) is 0 Å². The Bertz CT molecular complexity index is 847. The molecule has 3 rings (SSSR count). The summed E-state index contributed by atoms with van der Waals surface area (Å²) in [5.74, 6) is 0.766. The summed E-state index contributed by atoms with van der Waals surface area (Å²) in [6.45, 7) is 3.50. The second-order valence-electron chi connectivity index (χ2n) is 7.04. The monoisotopic (exact) mass is 412 g/mol. The summed E-state index contributed by atoms with van der Waals surface area (Å²) in [6, 6.07) is 14.1. The van der Waals surface area contributed by atoms with Gasteiger partial charge in [-0.25, -0.2) is 0 Å². The smallest absolute Gasteiger partial charge is 0.254 e. The number of ether oxygens (including phenoxy) is 3. The fourth-order valence-electron chi connectivity index (χ4n) is 3.28. The molecule has 0 aromatic heterocycles.